The second-order valence-corrected chi connectivity index (χ2v) is 5.97. The maximum absolute atomic E-state index is 2.42. The summed E-state index contributed by atoms with van der Waals surface area (Å²) in [7, 11) is 0. The van der Waals surface area contributed by atoms with Gasteiger partial charge in [-0.2, -0.15) is 0 Å². The predicted octanol–water partition coefficient (Wildman–Crippen LogP) is 4.64. The van der Waals surface area contributed by atoms with Gasteiger partial charge >= 0.3 is 0 Å². The minimum absolute atomic E-state index is 0.934. The molecule has 2 atom stereocenters. The van der Waals surface area contributed by atoms with Crippen LogP contribution in [0.15, 0.2) is 0 Å². The van der Waals surface area contributed by atoms with E-state index in [-0.39, 0.29) is 0 Å². The van der Waals surface area contributed by atoms with Crippen molar-refractivity contribution in [2.45, 2.75) is 65.2 Å². The van der Waals surface area contributed by atoms with Crippen molar-refractivity contribution in [1.82, 2.24) is 0 Å². The minimum Gasteiger partial charge on any atom is -0.0625 e. The molecule has 2 fully saturated rings. The Morgan fingerprint density at radius 3 is 2.21 bits per heavy atom. The van der Waals surface area contributed by atoms with Crippen molar-refractivity contribution in [2.75, 3.05) is 0 Å². The molecule has 0 spiro atoms. The average Bonchev–Trinajstić information content (AvgIpc) is 2.49. The standard InChI is InChI=1S/C14H26/c1-11(2)14-8-4-7-13(14)10-9-12-5-3-6-12/h11-14H,3-10H2,1-2H3. The summed E-state index contributed by atoms with van der Waals surface area (Å²) in [6.07, 6.45) is 12.3. The van der Waals surface area contributed by atoms with Gasteiger partial charge in [-0.25, -0.2) is 0 Å². The van der Waals surface area contributed by atoms with Crippen molar-refractivity contribution in [3.05, 3.63) is 0 Å². The fourth-order valence-corrected chi connectivity index (χ4v) is 3.53. The lowest BCUT2D eigenvalue weighted by Gasteiger charge is -2.29. The van der Waals surface area contributed by atoms with E-state index in [0.29, 0.717) is 0 Å². The Kier molecular flexibility index (Phi) is 3.52. The van der Waals surface area contributed by atoms with Crippen molar-refractivity contribution in [2.24, 2.45) is 23.7 Å². The molecule has 0 heterocycles. The van der Waals surface area contributed by atoms with E-state index >= 15 is 0 Å². The van der Waals surface area contributed by atoms with Crippen LogP contribution in [-0.2, 0) is 0 Å². The van der Waals surface area contributed by atoms with E-state index in [4.69, 9.17) is 0 Å². The maximum atomic E-state index is 2.42. The SMILES string of the molecule is CC(C)C1CCCC1CCC1CCC1. The summed E-state index contributed by atoms with van der Waals surface area (Å²) in [5.41, 5.74) is 0. The van der Waals surface area contributed by atoms with Gasteiger partial charge in [0.05, 0.1) is 0 Å². The Labute approximate surface area is 89.5 Å². The molecule has 0 radical (unpaired) electrons. The second kappa shape index (κ2) is 4.68. The molecule has 0 aromatic rings. The van der Waals surface area contributed by atoms with Gasteiger partial charge < -0.3 is 0 Å². The first-order valence-corrected chi connectivity index (χ1v) is 6.77. The van der Waals surface area contributed by atoms with Crippen LogP contribution in [0.5, 0.6) is 0 Å². The molecule has 0 aromatic heterocycles. The van der Waals surface area contributed by atoms with Gasteiger partial charge in [0.1, 0.15) is 0 Å². The Bertz CT molecular complexity index is 167. The van der Waals surface area contributed by atoms with Crippen LogP contribution in [0.1, 0.15) is 65.2 Å². The van der Waals surface area contributed by atoms with Crippen molar-refractivity contribution in [3.63, 3.8) is 0 Å². The van der Waals surface area contributed by atoms with Gasteiger partial charge in [0.15, 0.2) is 0 Å². The van der Waals surface area contributed by atoms with E-state index in [2.05, 4.69) is 13.8 Å². The molecule has 0 bridgehead atoms. The normalized spacial score (nSPS) is 33.6. The molecule has 0 aromatic carbocycles. The molecule has 0 saturated heterocycles. The lowest BCUT2D eigenvalue weighted by atomic mass is 9.77. The molecular formula is C14H26. The summed E-state index contributed by atoms with van der Waals surface area (Å²) in [5, 5.41) is 0. The van der Waals surface area contributed by atoms with Crippen LogP contribution in [0.2, 0.25) is 0 Å². The molecule has 2 unspecified atom stereocenters. The lowest BCUT2D eigenvalue weighted by Crippen LogP contribution is -2.17. The first kappa shape index (κ1) is 10.5. The first-order valence-electron chi connectivity index (χ1n) is 6.77. The fourth-order valence-electron chi connectivity index (χ4n) is 3.53. The van der Waals surface area contributed by atoms with Crippen molar-refractivity contribution in [1.29, 1.82) is 0 Å². The molecular weight excluding hydrogens is 168 g/mol. The monoisotopic (exact) mass is 194 g/mol. The minimum atomic E-state index is 0.934. The average molecular weight is 194 g/mol. The van der Waals surface area contributed by atoms with Crippen LogP contribution in [0.25, 0.3) is 0 Å². The highest BCUT2D eigenvalue weighted by Gasteiger charge is 2.30. The van der Waals surface area contributed by atoms with E-state index in [0.717, 1.165) is 23.7 Å². The Morgan fingerprint density at radius 2 is 1.64 bits per heavy atom. The highest BCUT2D eigenvalue weighted by molar-refractivity contribution is 4.81. The zero-order valence-corrected chi connectivity index (χ0v) is 9.97. The lowest BCUT2D eigenvalue weighted by molar-refractivity contribution is 0.226. The molecule has 14 heavy (non-hydrogen) atoms. The van der Waals surface area contributed by atoms with Crippen LogP contribution < -0.4 is 0 Å². The summed E-state index contributed by atoms with van der Waals surface area (Å²) in [6, 6.07) is 0. The molecule has 82 valence electrons. The fraction of sp³-hybridized carbons (Fsp3) is 1.00. The third kappa shape index (κ3) is 2.32. The van der Waals surface area contributed by atoms with Crippen molar-refractivity contribution < 1.29 is 0 Å². The molecule has 2 aliphatic carbocycles. The summed E-state index contributed by atoms with van der Waals surface area (Å²) in [6.45, 7) is 4.85. The van der Waals surface area contributed by atoms with Gasteiger partial charge in [0.2, 0.25) is 0 Å². The molecule has 0 N–H and O–H groups in total. The van der Waals surface area contributed by atoms with E-state index in [1.807, 2.05) is 0 Å². The van der Waals surface area contributed by atoms with Crippen LogP contribution in [0.3, 0.4) is 0 Å². The summed E-state index contributed by atoms with van der Waals surface area (Å²) in [4.78, 5) is 0. The zero-order chi connectivity index (χ0) is 9.97. The highest BCUT2D eigenvalue weighted by atomic mass is 14.4. The molecule has 0 aliphatic heterocycles. The molecule has 2 saturated carbocycles. The molecule has 0 nitrogen and oxygen atoms in total. The highest BCUT2D eigenvalue weighted by Crippen LogP contribution is 2.41. The Balaban J connectivity index is 1.72. The molecule has 2 rings (SSSR count). The quantitative estimate of drug-likeness (QED) is 0.611. The molecule has 0 amide bonds. The van der Waals surface area contributed by atoms with Crippen LogP contribution in [0.4, 0.5) is 0 Å². The summed E-state index contributed by atoms with van der Waals surface area (Å²) < 4.78 is 0. The van der Waals surface area contributed by atoms with E-state index < -0.39 is 0 Å². The van der Waals surface area contributed by atoms with Crippen LogP contribution in [-0.4, -0.2) is 0 Å². The van der Waals surface area contributed by atoms with Gasteiger partial charge in [-0.3, -0.25) is 0 Å². The number of rotatable bonds is 4. The van der Waals surface area contributed by atoms with E-state index in [1.165, 1.54) is 25.7 Å². The third-order valence-electron chi connectivity index (χ3n) is 4.74. The van der Waals surface area contributed by atoms with Gasteiger partial charge in [-0.1, -0.05) is 52.4 Å². The number of hydrogen-bond donors (Lipinski definition) is 0. The van der Waals surface area contributed by atoms with Gasteiger partial charge in [-0.15, -0.1) is 0 Å². The third-order valence-corrected chi connectivity index (χ3v) is 4.74. The van der Waals surface area contributed by atoms with Crippen molar-refractivity contribution >= 4 is 0 Å². The topological polar surface area (TPSA) is 0 Å². The van der Waals surface area contributed by atoms with Crippen molar-refractivity contribution in [3.8, 4) is 0 Å². The largest absolute Gasteiger partial charge is 0.0625 e. The van der Waals surface area contributed by atoms with Crippen LogP contribution in [0, 0.1) is 23.7 Å². The predicted molar refractivity (Wildman–Crippen MR) is 62.2 cm³/mol. The smallest absolute Gasteiger partial charge is 0.0363 e. The molecule has 0 heteroatoms. The van der Waals surface area contributed by atoms with Gasteiger partial charge in [0.25, 0.3) is 0 Å². The van der Waals surface area contributed by atoms with E-state index in [9.17, 15) is 0 Å². The maximum Gasteiger partial charge on any atom is -0.0363 e. The first-order chi connectivity index (χ1) is 6.77. The van der Waals surface area contributed by atoms with Gasteiger partial charge in [0, 0.05) is 0 Å². The Morgan fingerprint density at radius 1 is 0.929 bits per heavy atom. The zero-order valence-electron chi connectivity index (χ0n) is 9.97. The second-order valence-electron chi connectivity index (χ2n) is 5.97. The summed E-state index contributed by atoms with van der Waals surface area (Å²) in [5.74, 6) is 4.22. The van der Waals surface area contributed by atoms with Crippen LogP contribution >= 0.6 is 0 Å². The van der Waals surface area contributed by atoms with Gasteiger partial charge in [-0.05, 0) is 36.5 Å². The summed E-state index contributed by atoms with van der Waals surface area (Å²) >= 11 is 0. The Hall–Kier alpha value is 0. The number of hydrogen-bond acceptors (Lipinski definition) is 0. The van der Waals surface area contributed by atoms with E-state index in [1.54, 1.807) is 25.7 Å². The molecule has 2 aliphatic rings.